The Labute approximate surface area is 285 Å². The van der Waals surface area contributed by atoms with Gasteiger partial charge in [-0.2, -0.15) is 0 Å². The van der Waals surface area contributed by atoms with E-state index in [4.69, 9.17) is 23.7 Å². The van der Waals surface area contributed by atoms with Crippen molar-refractivity contribution < 1.29 is 93.8 Å². The summed E-state index contributed by atoms with van der Waals surface area (Å²) in [5.41, 5.74) is -0.160. The molecule has 13 atom stereocenters. The molecule has 45 heavy (non-hydrogen) atoms. The summed E-state index contributed by atoms with van der Waals surface area (Å²) in [4.78, 5) is 12.4. The molecular weight excluding hydrogens is 603 g/mol. The first-order valence-corrected chi connectivity index (χ1v) is 16.5. The summed E-state index contributed by atoms with van der Waals surface area (Å²) in [6.45, 7) is 0.935. The summed E-state index contributed by atoms with van der Waals surface area (Å²) in [6.07, 6.45) is -6.82. The van der Waals surface area contributed by atoms with Crippen LogP contribution in [-0.2, 0) is 28.5 Å². The van der Waals surface area contributed by atoms with E-state index in [1.807, 2.05) is 0 Å². The van der Waals surface area contributed by atoms with Crippen LogP contribution >= 0.6 is 0 Å². The minimum absolute atomic E-state index is 0. The third-order valence-corrected chi connectivity index (χ3v) is 11.3. The van der Waals surface area contributed by atoms with Crippen molar-refractivity contribution in [3.05, 3.63) is 0 Å². The molecule has 2 aliphatic heterocycles. The van der Waals surface area contributed by atoms with Crippen molar-refractivity contribution in [1.82, 2.24) is 0 Å². The minimum Gasteiger partial charge on any atom is -0.547 e. The first kappa shape index (κ1) is 36.3. The number of carboxylic acid groups (broad SMARTS) is 1. The number of hydrogen-bond acceptors (Lipinski definition) is 13. The maximum absolute atomic E-state index is 12.4. The van der Waals surface area contributed by atoms with Crippen molar-refractivity contribution in [2.75, 3.05) is 6.61 Å². The molecule has 5 aliphatic carbocycles. The van der Waals surface area contributed by atoms with Gasteiger partial charge in [0.05, 0.1) is 37.0 Å². The summed E-state index contributed by atoms with van der Waals surface area (Å²) in [5.74, 6) is 0.392. The number of hydrogen-bond donors (Lipinski definition) is 6. The van der Waals surface area contributed by atoms with E-state index in [-0.39, 0.29) is 41.4 Å². The normalized spacial score (nSPS) is 50.2. The molecule has 0 aromatic carbocycles. The first-order valence-electron chi connectivity index (χ1n) is 16.5. The van der Waals surface area contributed by atoms with Crippen LogP contribution in [0, 0.1) is 23.2 Å². The summed E-state index contributed by atoms with van der Waals surface area (Å²) >= 11 is 0. The molecule has 14 heteroatoms. The summed E-state index contributed by atoms with van der Waals surface area (Å²) < 4.78 is 29.6. The zero-order valence-corrected chi connectivity index (χ0v) is 28.3. The number of aliphatic hydroxyl groups is 6. The Hall–Kier alpha value is 0.0300. The van der Waals surface area contributed by atoms with Gasteiger partial charge in [0.25, 0.3) is 0 Å². The fourth-order valence-corrected chi connectivity index (χ4v) is 9.48. The standard InChI is InChI=1S/C31H50O13.Na/c1-14-22(33)24(35)25(36)29(40-14)42-18-4-2-3-5-19(18)43-30-26(37)27(23(34)21(13-32)44-30)41-20(28(38)39)12-31-9-15-6-16(10-31)8-17(7-15)11-31;/h14-27,29-30,32-37H,2-13H2,1H3,(H,38,39);/q;+1/p-1/t14-,15?,16?,17?,18+,19+,20+,21+,22+,23-,24+,25-,26+,27-,29-,30+,31?;/m0./s1. The van der Waals surface area contributed by atoms with Gasteiger partial charge in [-0.05, 0) is 87.9 Å². The monoisotopic (exact) mass is 652 g/mol. The maximum atomic E-state index is 12.4. The van der Waals surface area contributed by atoms with Crippen LogP contribution in [0.3, 0.4) is 0 Å². The van der Waals surface area contributed by atoms with Gasteiger partial charge in [0, 0.05) is 0 Å². The SMILES string of the molecule is C[C@@H]1O[C@@H](O[C@@H]2CCCC[C@H]2O[C@@H]2O[C@H](CO)[C@H](O)[C@H](O[C@H](CC34CC5CC(CC(C5)C3)C4)C(=O)[O-])[C@H]2O)[C@@H](O)[C@H](O)[C@@H]1O.[Na+]. The summed E-state index contributed by atoms with van der Waals surface area (Å²) in [5, 5.41) is 75.4. The van der Waals surface area contributed by atoms with Crippen LogP contribution in [0.5, 0.6) is 0 Å². The molecule has 2 heterocycles. The molecule has 2 saturated heterocycles. The average molecular weight is 653 g/mol. The van der Waals surface area contributed by atoms with Gasteiger partial charge >= 0.3 is 29.6 Å². The number of aliphatic carboxylic acids is 1. The Morgan fingerprint density at radius 3 is 1.87 bits per heavy atom. The van der Waals surface area contributed by atoms with Crippen molar-refractivity contribution >= 4 is 5.97 Å². The third kappa shape index (κ3) is 7.62. The quantitative estimate of drug-likeness (QED) is 0.124. The number of carbonyl (C=O) groups is 1. The summed E-state index contributed by atoms with van der Waals surface area (Å²) in [6, 6.07) is 0. The van der Waals surface area contributed by atoms with Crippen molar-refractivity contribution in [3.8, 4) is 0 Å². The van der Waals surface area contributed by atoms with Crippen LogP contribution in [0.1, 0.15) is 77.6 Å². The molecule has 0 unspecified atom stereocenters. The van der Waals surface area contributed by atoms with Gasteiger partial charge in [0.1, 0.15) is 42.7 Å². The molecule has 6 N–H and O–H groups in total. The minimum atomic E-state index is -1.60. The zero-order valence-electron chi connectivity index (χ0n) is 26.3. The van der Waals surface area contributed by atoms with E-state index in [2.05, 4.69) is 0 Å². The van der Waals surface area contributed by atoms with E-state index in [9.17, 15) is 40.5 Å². The van der Waals surface area contributed by atoms with E-state index in [0.29, 0.717) is 30.6 Å². The molecule has 0 amide bonds. The molecule has 7 rings (SSSR count). The van der Waals surface area contributed by atoms with Crippen LogP contribution in [0.4, 0.5) is 0 Å². The van der Waals surface area contributed by atoms with Crippen LogP contribution < -0.4 is 34.7 Å². The van der Waals surface area contributed by atoms with Gasteiger partial charge in [-0.25, -0.2) is 0 Å². The van der Waals surface area contributed by atoms with Crippen LogP contribution in [0.2, 0.25) is 0 Å². The second-order valence-corrected chi connectivity index (χ2v) is 14.6. The topological polar surface area (TPSA) is 208 Å². The zero-order chi connectivity index (χ0) is 31.3. The number of ether oxygens (including phenoxy) is 5. The smallest absolute Gasteiger partial charge is 0.547 e. The Kier molecular flexibility index (Phi) is 12.0. The molecule has 0 aromatic heterocycles. The Bertz CT molecular complexity index is 967. The van der Waals surface area contributed by atoms with E-state index in [1.165, 1.54) is 19.3 Å². The van der Waals surface area contributed by atoms with Crippen molar-refractivity contribution in [2.45, 2.75) is 157 Å². The van der Waals surface area contributed by atoms with Crippen LogP contribution in [-0.4, -0.2) is 123 Å². The molecule has 4 bridgehead atoms. The van der Waals surface area contributed by atoms with Gasteiger partial charge in [0.15, 0.2) is 12.6 Å². The van der Waals surface area contributed by atoms with E-state index in [1.54, 1.807) is 6.92 Å². The molecule has 0 aromatic rings. The molecule has 0 spiro atoms. The molecule has 7 fully saturated rings. The van der Waals surface area contributed by atoms with Crippen LogP contribution in [0.15, 0.2) is 0 Å². The van der Waals surface area contributed by atoms with Gasteiger partial charge in [0.2, 0.25) is 0 Å². The predicted octanol–water partition coefficient (Wildman–Crippen LogP) is -4.29. The van der Waals surface area contributed by atoms with Gasteiger partial charge in [-0.15, -0.1) is 0 Å². The Balaban J connectivity index is 0.00000400. The number of carbonyl (C=O) groups excluding carboxylic acids is 1. The van der Waals surface area contributed by atoms with Crippen molar-refractivity contribution in [1.29, 1.82) is 0 Å². The van der Waals surface area contributed by atoms with E-state index < -0.39 is 92.3 Å². The van der Waals surface area contributed by atoms with Crippen molar-refractivity contribution in [3.63, 3.8) is 0 Å². The molecular formula is C31H49NaO13. The second-order valence-electron chi connectivity index (χ2n) is 14.6. The Morgan fingerprint density at radius 1 is 0.822 bits per heavy atom. The van der Waals surface area contributed by atoms with Crippen molar-refractivity contribution in [2.24, 2.45) is 23.2 Å². The number of aliphatic hydroxyl groups excluding tert-OH is 6. The predicted molar refractivity (Wildman–Crippen MR) is 147 cm³/mol. The molecule has 252 valence electrons. The largest absolute Gasteiger partial charge is 1.00 e. The van der Waals surface area contributed by atoms with Gasteiger partial charge in [-0.1, -0.05) is 12.8 Å². The Morgan fingerprint density at radius 2 is 1.36 bits per heavy atom. The van der Waals surface area contributed by atoms with Gasteiger partial charge in [-0.3, -0.25) is 0 Å². The third-order valence-electron chi connectivity index (χ3n) is 11.3. The van der Waals surface area contributed by atoms with E-state index >= 15 is 0 Å². The maximum Gasteiger partial charge on any atom is 1.00 e. The first-order chi connectivity index (χ1) is 21.0. The molecule has 7 aliphatic rings. The summed E-state index contributed by atoms with van der Waals surface area (Å²) in [7, 11) is 0. The fourth-order valence-electron chi connectivity index (χ4n) is 9.48. The van der Waals surface area contributed by atoms with Gasteiger partial charge < -0.3 is 64.2 Å². The fraction of sp³-hybridized carbons (Fsp3) is 0.968. The molecule has 5 saturated carbocycles. The number of carboxylic acids is 1. The van der Waals surface area contributed by atoms with E-state index in [0.717, 1.165) is 32.1 Å². The second kappa shape index (κ2) is 14.9. The molecule has 13 nitrogen and oxygen atoms in total. The molecule has 0 radical (unpaired) electrons. The van der Waals surface area contributed by atoms with Crippen LogP contribution in [0.25, 0.3) is 0 Å². The average Bonchev–Trinajstić information content (AvgIpc) is 2.97. The number of rotatable bonds is 10.